The quantitative estimate of drug-likeness (QED) is 0.615. The van der Waals surface area contributed by atoms with Crippen LogP contribution < -0.4 is 10.0 Å². The number of hydrogen-bond acceptors (Lipinski definition) is 6. The lowest BCUT2D eigenvalue weighted by atomic mass is 9.95. The van der Waals surface area contributed by atoms with Gasteiger partial charge < -0.3 is 15.0 Å². The van der Waals surface area contributed by atoms with E-state index in [1.165, 1.54) is 31.2 Å². The summed E-state index contributed by atoms with van der Waals surface area (Å²) >= 11 is 0. The van der Waals surface area contributed by atoms with Crippen molar-refractivity contribution in [2.24, 2.45) is 5.92 Å². The lowest BCUT2D eigenvalue weighted by Gasteiger charge is -2.39. The number of likely N-dealkylation sites (tertiary alicyclic amines) is 1. The van der Waals surface area contributed by atoms with Gasteiger partial charge in [-0.15, -0.1) is 0 Å². The fraction of sp³-hybridized carbons (Fsp3) is 0.652. The van der Waals surface area contributed by atoms with Crippen LogP contribution >= 0.6 is 0 Å². The van der Waals surface area contributed by atoms with E-state index in [9.17, 15) is 18.0 Å². The predicted molar refractivity (Wildman–Crippen MR) is 126 cm³/mol. The minimum Gasteiger partial charge on any atom is -0.373 e. The number of nitrogens with one attached hydrogen (secondary N) is 2. The van der Waals surface area contributed by atoms with Crippen LogP contribution in [0.25, 0.3) is 0 Å². The molecule has 0 spiro atoms. The normalized spacial score (nSPS) is 23.8. The number of morpholine rings is 1. The third kappa shape index (κ3) is 7.23. The number of benzene rings is 1. The van der Waals surface area contributed by atoms with E-state index in [0.717, 1.165) is 32.5 Å². The van der Waals surface area contributed by atoms with Gasteiger partial charge in [-0.3, -0.25) is 14.5 Å². The Bertz CT molecular complexity index is 919. The Hall–Kier alpha value is -2.01. The van der Waals surface area contributed by atoms with Crippen molar-refractivity contribution in [1.82, 2.24) is 14.5 Å². The molecule has 2 aliphatic heterocycles. The van der Waals surface area contributed by atoms with Crippen LogP contribution in [0.3, 0.4) is 0 Å². The second-order valence-corrected chi connectivity index (χ2v) is 11.0. The number of anilines is 1. The van der Waals surface area contributed by atoms with E-state index in [1.54, 1.807) is 11.8 Å². The Labute approximate surface area is 196 Å². The van der Waals surface area contributed by atoms with Gasteiger partial charge in [-0.1, -0.05) is 0 Å². The molecular formula is C23H36N4O5S. The van der Waals surface area contributed by atoms with Crippen LogP contribution in [0.4, 0.5) is 5.69 Å². The Kier molecular flexibility index (Phi) is 8.49. The van der Waals surface area contributed by atoms with Crippen molar-refractivity contribution in [1.29, 1.82) is 0 Å². The standard InChI is InChI=1S/C23H36N4O5S/c1-16-13-26(14-17(2)32-16)15-20-9-11-27(12-10-20)23(29)18(3)25-33(30,31)22-7-5-21(6-8-22)24-19(4)28/h5-8,16-18,20,25H,9-15H2,1-4H3,(H,24,28)/t16?,17?,18-/m0/s1. The highest BCUT2D eigenvalue weighted by atomic mass is 32.2. The van der Waals surface area contributed by atoms with E-state index in [1.807, 2.05) is 0 Å². The Balaban J connectivity index is 1.49. The number of nitrogens with zero attached hydrogens (tertiary/aromatic N) is 2. The summed E-state index contributed by atoms with van der Waals surface area (Å²) in [6.07, 6.45) is 2.31. The number of sulfonamides is 1. The van der Waals surface area contributed by atoms with Crippen LogP contribution in [-0.4, -0.2) is 81.0 Å². The average Bonchev–Trinajstić information content (AvgIpc) is 2.72. The number of rotatable bonds is 7. The Morgan fingerprint density at radius 1 is 1.09 bits per heavy atom. The van der Waals surface area contributed by atoms with Gasteiger partial charge in [0.1, 0.15) is 0 Å². The second kappa shape index (κ2) is 10.9. The molecule has 1 aromatic carbocycles. The van der Waals surface area contributed by atoms with Gasteiger partial charge in [0.15, 0.2) is 0 Å². The largest absolute Gasteiger partial charge is 0.373 e. The first kappa shape index (κ1) is 25.6. The van der Waals surface area contributed by atoms with Gasteiger partial charge >= 0.3 is 0 Å². The van der Waals surface area contributed by atoms with Gasteiger partial charge in [0.25, 0.3) is 0 Å². The van der Waals surface area contributed by atoms with Crippen LogP contribution in [0.2, 0.25) is 0 Å². The molecule has 184 valence electrons. The molecule has 10 heteroatoms. The first-order valence-electron chi connectivity index (χ1n) is 11.6. The molecular weight excluding hydrogens is 444 g/mol. The summed E-state index contributed by atoms with van der Waals surface area (Å²) in [6, 6.07) is 4.99. The van der Waals surface area contributed by atoms with E-state index >= 15 is 0 Å². The van der Waals surface area contributed by atoms with Crippen molar-refractivity contribution in [2.45, 2.75) is 63.7 Å². The monoisotopic (exact) mass is 480 g/mol. The minimum absolute atomic E-state index is 0.0453. The molecule has 2 unspecified atom stereocenters. The lowest BCUT2D eigenvalue weighted by Crippen LogP contribution is -2.51. The van der Waals surface area contributed by atoms with Gasteiger partial charge in [0, 0.05) is 45.3 Å². The predicted octanol–water partition coefficient (Wildman–Crippen LogP) is 1.66. The third-order valence-electron chi connectivity index (χ3n) is 6.13. The molecule has 2 amide bonds. The van der Waals surface area contributed by atoms with Crippen molar-refractivity contribution in [3.8, 4) is 0 Å². The summed E-state index contributed by atoms with van der Waals surface area (Å²) in [5, 5.41) is 2.59. The minimum atomic E-state index is -3.86. The van der Waals surface area contributed by atoms with E-state index < -0.39 is 16.1 Å². The van der Waals surface area contributed by atoms with Crippen LogP contribution in [0.15, 0.2) is 29.2 Å². The first-order chi connectivity index (χ1) is 15.5. The van der Waals surface area contributed by atoms with Crippen LogP contribution in [-0.2, 0) is 24.3 Å². The molecule has 0 saturated carbocycles. The van der Waals surface area contributed by atoms with Gasteiger partial charge in [-0.25, -0.2) is 8.42 Å². The van der Waals surface area contributed by atoms with Gasteiger partial charge in [0.05, 0.1) is 23.1 Å². The summed E-state index contributed by atoms with van der Waals surface area (Å²) < 4.78 is 33.7. The third-order valence-corrected chi connectivity index (χ3v) is 7.68. The lowest BCUT2D eigenvalue weighted by molar-refractivity contribution is -0.134. The number of piperidine rings is 1. The van der Waals surface area contributed by atoms with E-state index in [-0.39, 0.29) is 28.9 Å². The number of ether oxygens (including phenoxy) is 1. The molecule has 0 aromatic heterocycles. The first-order valence-corrected chi connectivity index (χ1v) is 13.1. The van der Waals surface area contributed by atoms with Crippen molar-refractivity contribution >= 4 is 27.5 Å². The maximum Gasteiger partial charge on any atom is 0.241 e. The zero-order valence-corrected chi connectivity index (χ0v) is 20.7. The molecule has 3 rings (SSSR count). The molecule has 9 nitrogen and oxygen atoms in total. The van der Waals surface area contributed by atoms with Gasteiger partial charge in [-0.05, 0) is 63.8 Å². The summed E-state index contributed by atoms with van der Waals surface area (Å²) in [7, 11) is -3.86. The Morgan fingerprint density at radius 2 is 1.67 bits per heavy atom. The summed E-state index contributed by atoms with van der Waals surface area (Å²) in [5.41, 5.74) is 0.509. The molecule has 0 bridgehead atoms. The molecule has 3 atom stereocenters. The molecule has 2 saturated heterocycles. The number of carbonyl (C=O) groups is 2. The zero-order chi connectivity index (χ0) is 24.2. The molecule has 2 aliphatic rings. The molecule has 33 heavy (non-hydrogen) atoms. The summed E-state index contributed by atoms with van der Waals surface area (Å²) in [6.45, 7) is 11.3. The van der Waals surface area contributed by atoms with Crippen molar-refractivity contribution in [2.75, 3.05) is 38.0 Å². The van der Waals surface area contributed by atoms with Gasteiger partial charge in [0.2, 0.25) is 21.8 Å². The van der Waals surface area contributed by atoms with E-state index in [4.69, 9.17) is 4.74 Å². The molecule has 1 aromatic rings. The fourth-order valence-electron chi connectivity index (χ4n) is 4.68. The van der Waals surface area contributed by atoms with E-state index in [0.29, 0.717) is 24.7 Å². The summed E-state index contributed by atoms with van der Waals surface area (Å²) in [5.74, 6) is 0.0852. The highest BCUT2D eigenvalue weighted by Gasteiger charge is 2.31. The van der Waals surface area contributed by atoms with Crippen LogP contribution in [0, 0.1) is 5.92 Å². The molecule has 0 aliphatic carbocycles. The van der Waals surface area contributed by atoms with Crippen molar-refractivity contribution in [3.05, 3.63) is 24.3 Å². The maximum absolute atomic E-state index is 12.9. The highest BCUT2D eigenvalue weighted by Crippen LogP contribution is 2.22. The zero-order valence-electron chi connectivity index (χ0n) is 19.9. The molecule has 2 fully saturated rings. The smallest absolute Gasteiger partial charge is 0.241 e. The highest BCUT2D eigenvalue weighted by molar-refractivity contribution is 7.89. The Morgan fingerprint density at radius 3 is 2.21 bits per heavy atom. The average molecular weight is 481 g/mol. The van der Waals surface area contributed by atoms with Crippen LogP contribution in [0.5, 0.6) is 0 Å². The molecule has 2 N–H and O–H groups in total. The fourth-order valence-corrected chi connectivity index (χ4v) is 5.88. The molecule has 2 heterocycles. The van der Waals surface area contributed by atoms with Crippen molar-refractivity contribution in [3.63, 3.8) is 0 Å². The second-order valence-electron chi connectivity index (χ2n) is 9.29. The van der Waals surface area contributed by atoms with Gasteiger partial charge in [-0.2, -0.15) is 4.72 Å². The SMILES string of the molecule is CC(=O)Nc1ccc(S(=O)(=O)N[C@@H](C)C(=O)N2CCC(CN3CC(C)OC(C)C3)CC2)cc1. The topological polar surface area (TPSA) is 108 Å². The number of carbonyl (C=O) groups excluding carboxylic acids is 2. The van der Waals surface area contributed by atoms with Crippen molar-refractivity contribution < 1.29 is 22.7 Å². The number of hydrogen-bond donors (Lipinski definition) is 2. The maximum atomic E-state index is 12.9. The number of amides is 2. The van der Waals surface area contributed by atoms with E-state index in [2.05, 4.69) is 28.8 Å². The molecule has 0 radical (unpaired) electrons. The van der Waals surface area contributed by atoms with Crippen LogP contribution in [0.1, 0.15) is 40.5 Å². The summed E-state index contributed by atoms with van der Waals surface area (Å²) in [4.78, 5) is 28.3.